The first-order valence-electron chi connectivity index (χ1n) is 7.99. The van der Waals surface area contributed by atoms with Gasteiger partial charge in [0.25, 0.3) is 0 Å². The fourth-order valence-corrected chi connectivity index (χ4v) is 2.83. The van der Waals surface area contributed by atoms with Crippen LogP contribution in [0.5, 0.6) is 0 Å². The zero-order valence-corrected chi connectivity index (χ0v) is 15.0. The Bertz CT molecular complexity index is 539. The molecular weight excluding hydrogens is 316 g/mol. The van der Waals surface area contributed by atoms with Gasteiger partial charge in [0.15, 0.2) is 0 Å². The number of nitrogens with zero attached hydrogens (tertiary/aromatic N) is 3. The summed E-state index contributed by atoms with van der Waals surface area (Å²) in [7, 11) is 0. The zero-order valence-electron chi connectivity index (χ0n) is 14.2. The zero-order chi connectivity index (χ0) is 17.0. The molecule has 0 unspecified atom stereocenters. The molecule has 1 aromatic rings. The van der Waals surface area contributed by atoms with Crippen molar-refractivity contribution in [2.45, 2.75) is 58.6 Å². The van der Waals surface area contributed by atoms with E-state index in [2.05, 4.69) is 15.3 Å². The van der Waals surface area contributed by atoms with E-state index in [0.717, 1.165) is 31.5 Å². The molecule has 0 spiro atoms. The average molecular weight is 341 g/mol. The number of hydrogen-bond donors (Lipinski definition) is 1. The highest BCUT2D eigenvalue weighted by Crippen LogP contribution is 2.21. The van der Waals surface area contributed by atoms with E-state index in [9.17, 15) is 4.79 Å². The van der Waals surface area contributed by atoms with Crippen LogP contribution in [0, 0.1) is 6.92 Å². The van der Waals surface area contributed by atoms with Gasteiger partial charge in [0.1, 0.15) is 10.8 Å². The molecule has 0 aromatic carbocycles. The minimum absolute atomic E-state index is 0.0708. The second-order valence-electron chi connectivity index (χ2n) is 6.86. The van der Waals surface area contributed by atoms with Crippen LogP contribution in [0.25, 0.3) is 0 Å². The van der Waals surface area contributed by atoms with Gasteiger partial charge in [-0.15, -0.1) is 0 Å². The third kappa shape index (κ3) is 5.53. The summed E-state index contributed by atoms with van der Waals surface area (Å²) in [6.07, 6.45) is 2.78. The maximum Gasteiger partial charge on any atom is 0.410 e. The molecule has 128 valence electrons. The second-order valence-corrected chi connectivity index (χ2v) is 7.25. The van der Waals surface area contributed by atoms with E-state index in [4.69, 9.17) is 16.3 Å². The lowest BCUT2D eigenvalue weighted by molar-refractivity contribution is 0.0114. The predicted octanol–water partition coefficient (Wildman–Crippen LogP) is 3.64. The molecule has 1 aliphatic rings. The van der Waals surface area contributed by atoms with E-state index in [0.29, 0.717) is 17.6 Å². The Hall–Kier alpha value is -1.56. The number of carbonyl (C=O) groups is 1. The molecule has 7 heteroatoms. The Kier molecular flexibility index (Phi) is 5.68. The molecule has 6 nitrogen and oxygen atoms in total. The molecule has 23 heavy (non-hydrogen) atoms. The van der Waals surface area contributed by atoms with Crippen molar-refractivity contribution in [3.05, 3.63) is 16.9 Å². The van der Waals surface area contributed by atoms with E-state index in [1.807, 2.05) is 27.7 Å². The average Bonchev–Trinajstić information content (AvgIpc) is 2.42. The first-order valence-corrected chi connectivity index (χ1v) is 8.37. The van der Waals surface area contributed by atoms with Crippen LogP contribution in [0.15, 0.2) is 6.07 Å². The Morgan fingerprint density at radius 2 is 2.17 bits per heavy atom. The van der Waals surface area contributed by atoms with Gasteiger partial charge < -0.3 is 15.0 Å². The Balaban J connectivity index is 1.99. The van der Waals surface area contributed by atoms with Crippen molar-refractivity contribution in [1.82, 2.24) is 14.9 Å². The van der Waals surface area contributed by atoms with Crippen LogP contribution in [-0.2, 0) is 4.74 Å². The topological polar surface area (TPSA) is 67.4 Å². The quantitative estimate of drug-likeness (QED) is 0.851. The maximum absolute atomic E-state index is 12.4. The molecule has 1 aliphatic heterocycles. The molecule has 1 amide bonds. The highest BCUT2D eigenvalue weighted by molar-refractivity contribution is 6.29. The van der Waals surface area contributed by atoms with Gasteiger partial charge in [-0.25, -0.2) is 14.8 Å². The second kappa shape index (κ2) is 7.34. The Morgan fingerprint density at radius 1 is 1.43 bits per heavy atom. The number of piperidine rings is 1. The number of halogens is 1. The SMILES string of the molecule is Cc1cc(Cl)nc(NC[C@H]2CCCCN2C(=O)OC(C)(C)C)n1. The number of likely N-dealkylation sites (tertiary alicyclic amines) is 1. The summed E-state index contributed by atoms with van der Waals surface area (Å²) in [5.41, 5.74) is 0.319. The molecule has 0 radical (unpaired) electrons. The molecule has 1 atom stereocenters. The van der Waals surface area contributed by atoms with E-state index in [1.54, 1.807) is 11.0 Å². The third-order valence-corrected chi connectivity index (χ3v) is 3.77. The standard InChI is InChI=1S/C16H25ClN4O2/c1-11-9-13(17)20-14(19-11)18-10-12-7-5-6-8-21(12)15(22)23-16(2,3)4/h9,12H,5-8,10H2,1-4H3,(H,18,19,20)/t12-/m1/s1. The van der Waals surface area contributed by atoms with Crippen LogP contribution in [0.3, 0.4) is 0 Å². The molecule has 0 saturated carbocycles. The van der Waals surface area contributed by atoms with Crippen molar-refractivity contribution in [2.75, 3.05) is 18.4 Å². The van der Waals surface area contributed by atoms with Gasteiger partial charge in [0.2, 0.25) is 5.95 Å². The lowest BCUT2D eigenvalue weighted by Crippen LogP contribution is -2.49. The van der Waals surface area contributed by atoms with Gasteiger partial charge in [-0.1, -0.05) is 11.6 Å². The van der Waals surface area contributed by atoms with Gasteiger partial charge in [-0.2, -0.15) is 0 Å². The normalized spacial score (nSPS) is 18.7. The van der Waals surface area contributed by atoms with Gasteiger partial charge in [0.05, 0.1) is 6.04 Å². The van der Waals surface area contributed by atoms with Crippen molar-refractivity contribution >= 4 is 23.6 Å². The van der Waals surface area contributed by atoms with Gasteiger partial charge in [0, 0.05) is 18.8 Å². The Labute approximate surface area is 142 Å². The van der Waals surface area contributed by atoms with Gasteiger partial charge >= 0.3 is 6.09 Å². The van der Waals surface area contributed by atoms with E-state index < -0.39 is 5.60 Å². The first-order chi connectivity index (χ1) is 10.7. The number of amides is 1. The number of aryl methyl sites for hydroxylation is 1. The van der Waals surface area contributed by atoms with Crippen molar-refractivity contribution in [3.8, 4) is 0 Å². The summed E-state index contributed by atoms with van der Waals surface area (Å²) in [4.78, 5) is 22.6. The van der Waals surface area contributed by atoms with Crippen molar-refractivity contribution < 1.29 is 9.53 Å². The summed E-state index contributed by atoms with van der Waals surface area (Å²) in [6.45, 7) is 8.81. The van der Waals surface area contributed by atoms with Crippen molar-refractivity contribution in [1.29, 1.82) is 0 Å². The fraction of sp³-hybridized carbons (Fsp3) is 0.688. The maximum atomic E-state index is 12.4. The number of carbonyl (C=O) groups excluding carboxylic acids is 1. The predicted molar refractivity (Wildman–Crippen MR) is 90.8 cm³/mol. The van der Waals surface area contributed by atoms with Crippen LogP contribution in [-0.4, -0.2) is 45.7 Å². The Morgan fingerprint density at radius 3 is 2.83 bits per heavy atom. The molecule has 1 N–H and O–H groups in total. The third-order valence-electron chi connectivity index (χ3n) is 3.57. The van der Waals surface area contributed by atoms with Crippen LogP contribution in [0.4, 0.5) is 10.7 Å². The minimum Gasteiger partial charge on any atom is -0.444 e. The summed E-state index contributed by atoms with van der Waals surface area (Å²) in [5, 5.41) is 3.60. The van der Waals surface area contributed by atoms with Crippen molar-refractivity contribution in [3.63, 3.8) is 0 Å². The smallest absolute Gasteiger partial charge is 0.410 e. The summed E-state index contributed by atoms with van der Waals surface area (Å²) >= 11 is 5.95. The summed E-state index contributed by atoms with van der Waals surface area (Å²) in [6, 6.07) is 1.78. The van der Waals surface area contributed by atoms with Gasteiger partial charge in [-0.05, 0) is 53.0 Å². The number of nitrogens with one attached hydrogen (secondary N) is 1. The summed E-state index contributed by atoms with van der Waals surface area (Å²) in [5.74, 6) is 0.490. The van der Waals surface area contributed by atoms with Crippen LogP contribution >= 0.6 is 11.6 Å². The van der Waals surface area contributed by atoms with E-state index in [-0.39, 0.29) is 12.1 Å². The number of hydrogen-bond acceptors (Lipinski definition) is 5. The van der Waals surface area contributed by atoms with Crippen molar-refractivity contribution in [2.24, 2.45) is 0 Å². The number of rotatable bonds is 3. The molecular formula is C16H25ClN4O2. The number of ether oxygens (including phenoxy) is 1. The fourth-order valence-electron chi connectivity index (χ4n) is 2.59. The van der Waals surface area contributed by atoms with Crippen LogP contribution in [0.1, 0.15) is 45.7 Å². The molecule has 0 bridgehead atoms. The minimum atomic E-state index is -0.486. The highest BCUT2D eigenvalue weighted by atomic mass is 35.5. The first kappa shape index (κ1) is 17.8. The van der Waals surface area contributed by atoms with Gasteiger partial charge in [-0.3, -0.25) is 0 Å². The lowest BCUT2D eigenvalue weighted by Gasteiger charge is -2.36. The largest absolute Gasteiger partial charge is 0.444 e. The van der Waals surface area contributed by atoms with E-state index >= 15 is 0 Å². The lowest BCUT2D eigenvalue weighted by atomic mass is 10.0. The summed E-state index contributed by atoms with van der Waals surface area (Å²) < 4.78 is 5.50. The van der Waals surface area contributed by atoms with E-state index in [1.165, 1.54) is 0 Å². The number of anilines is 1. The highest BCUT2D eigenvalue weighted by Gasteiger charge is 2.30. The molecule has 1 saturated heterocycles. The molecule has 2 rings (SSSR count). The van der Waals surface area contributed by atoms with Crippen LogP contribution < -0.4 is 5.32 Å². The molecule has 0 aliphatic carbocycles. The molecule has 1 aromatic heterocycles. The molecule has 2 heterocycles. The molecule has 1 fully saturated rings. The monoisotopic (exact) mass is 340 g/mol. The number of aromatic nitrogens is 2. The van der Waals surface area contributed by atoms with Crippen LogP contribution in [0.2, 0.25) is 5.15 Å².